The highest BCUT2D eigenvalue weighted by atomic mass is 19.1. The van der Waals surface area contributed by atoms with Crippen molar-refractivity contribution >= 4 is 11.9 Å². The predicted molar refractivity (Wildman–Crippen MR) is 82.2 cm³/mol. The smallest absolute Gasteiger partial charge is 0.323 e. The fraction of sp³-hybridized carbons (Fsp3) is 0.312. The van der Waals surface area contributed by atoms with Crippen molar-refractivity contribution in [1.82, 2.24) is 14.7 Å². The number of benzene rings is 1. The van der Waals surface area contributed by atoms with Gasteiger partial charge in [-0.25, -0.2) is 9.07 Å². The van der Waals surface area contributed by atoms with E-state index in [0.717, 1.165) is 4.90 Å². The number of amides is 1. The van der Waals surface area contributed by atoms with E-state index in [1.807, 2.05) is 13.8 Å². The van der Waals surface area contributed by atoms with Gasteiger partial charge in [-0.2, -0.15) is 5.10 Å². The lowest BCUT2D eigenvalue weighted by Crippen LogP contribution is -2.32. The van der Waals surface area contributed by atoms with Gasteiger partial charge in [-0.15, -0.1) is 0 Å². The van der Waals surface area contributed by atoms with Gasteiger partial charge in [-0.05, 0) is 30.2 Å². The largest absolute Gasteiger partial charge is 0.480 e. The number of hydrogen-bond acceptors (Lipinski definition) is 3. The summed E-state index contributed by atoms with van der Waals surface area (Å²) in [4.78, 5) is 24.4. The molecule has 122 valence electrons. The van der Waals surface area contributed by atoms with Crippen LogP contribution in [0.5, 0.6) is 0 Å². The molecule has 0 bridgehead atoms. The molecule has 1 aromatic carbocycles. The minimum atomic E-state index is -1.09. The number of likely N-dealkylation sites (N-methyl/N-ethyl adjacent to an activating group) is 1. The minimum Gasteiger partial charge on any atom is -0.480 e. The number of aromatic nitrogens is 2. The number of rotatable bonds is 5. The Kier molecular flexibility index (Phi) is 4.78. The van der Waals surface area contributed by atoms with Crippen LogP contribution in [-0.4, -0.2) is 45.3 Å². The molecule has 1 aromatic heterocycles. The Morgan fingerprint density at radius 2 is 1.91 bits per heavy atom. The number of carboxylic acid groups (broad SMARTS) is 1. The summed E-state index contributed by atoms with van der Waals surface area (Å²) in [5.41, 5.74) is 1.63. The fourth-order valence-corrected chi connectivity index (χ4v) is 2.35. The summed E-state index contributed by atoms with van der Waals surface area (Å²) in [5, 5.41) is 13.0. The summed E-state index contributed by atoms with van der Waals surface area (Å²) >= 11 is 0. The molecule has 2 aromatic rings. The number of halogens is 1. The molecule has 6 nitrogen and oxygen atoms in total. The second kappa shape index (κ2) is 6.60. The van der Waals surface area contributed by atoms with Crippen LogP contribution >= 0.6 is 0 Å². The molecule has 0 saturated heterocycles. The molecule has 0 aliphatic carbocycles. The molecule has 0 atom stereocenters. The first-order valence-corrected chi connectivity index (χ1v) is 7.12. The van der Waals surface area contributed by atoms with E-state index in [0.29, 0.717) is 16.9 Å². The lowest BCUT2D eigenvalue weighted by molar-refractivity contribution is -0.137. The molecule has 2 rings (SSSR count). The van der Waals surface area contributed by atoms with E-state index >= 15 is 0 Å². The van der Waals surface area contributed by atoms with Gasteiger partial charge in [0.2, 0.25) is 0 Å². The SMILES string of the molecule is CC(C)c1c(C(=O)N(C)CC(=O)O)cnn1-c1ccc(F)cc1. The lowest BCUT2D eigenvalue weighted by Gasteiger charge is -2.17. The highest BCUT2D eigenvalue weighted by Gasteiger charge is 2.24. The molecule has 0 spiro atoms. The van der Waals surface area contributed by atoms with Gasteiger partial charge in [0.15, 0.2) is 0 Å². The molecular weight excluding hydrogens is 301 g/mol. The van der Waals surface area contributed by atoms with Gasteiger partial charge in [-0.3, -0.25) is 9.59 Å². The number of aliphatic carboxylic acids is 1. The maximum atomic E-state index is 13.1. The van der Waals surface area contributed by atoms with Crippen LogP contribution in [-0.2, 0) is 4.79 Å². The summed E-state index contributed by atoms with van der Waals surface area (Å²) in [6.07, 6.45) is 1.42. The molecule has 0 aliphatic rings. The summed E-state index contributed by atoms with van der Waals surface area (Å²) in [6.45, 7) is 3.42. The maximum absolute atomic E-state index is 13.1. The topological polar surface area (TPSA) is 75.4 Å². The normalized spacial score (nSPS) is 10.8. The van der Waals surface area contributed by atoms with E-state index in [-0.39, 0.29) is 11.7 Å². The molecule has 0 fully saturated rings. The van der Waals surface area contributed by atoms with Crippen molar-refractivity contribution in [2.24, 2.45) is 0 Å². The van der Waals surface area contributed by atoms with Crippen LogP contribution in [0.2, 0.25) is 0 Å². The number of nitrogens with zero attached hydrogens (tertiary/aromatic N) is 3. The van der Waals surface area contributed by atoms with Gasteiger partial charge in [0.05, 0.1) is 23.1 Å². The number of carbonyl (C=O) groups excluding carboxylic acids is 1. The zero-order valence-corrected chi connectivity index (χ0v) is 13.2. The molecule has 23 heavy (non-hydrogen) atoms. The first kappa shape index (κ1) is 16.7. The lowest BCUT2D eigenvalue weighted by atomic mass is 10.0. The molecule has 0 aliphatic heterocycles. The van der Waals surface area contributed by atoms with Crippen LogP contribution < -0.4 is 0 Å². The van der Waals surface area contributed by atoms with Gasteiger partial charge < -0.3 is 10.0 Å². The molecule has 1 amide bonds. The van der Waals surface area contributed by atoms with E-state index in [2.05, 4.69) is 5.10 Å². The average molecular weight is 319 g/mol. The molecule has 0 radical (unpaired) electrons. The van der Waals surface area contributed by atoms with Crippen molar-refractivity contribution in [2.45, 2.75) is 19.8 Å². The van der Waals surface area contributed by atoms with Crippen molar-refractivity contribution in [3.8, 4) is 5.69 Å². The van der Waals surface area contributed by atoms with Crippen molar-refractivity contribution in [2.75, 3.05) is 13.6 Å². The first-order valence-electron chi connectivity index (χ1n) is 7.12. The fourth-order valence-electron chi connectivity index (χ4n) is 2.35. The van der Waals surface area contributed by atoms with E-state index < -0.39 is 18.4 Å². The van der Waals surface area contributed by atoms with Crippen LogP contribution in [0.15, 0.2) is 30.5 Å². The summed E-state index contributed by atoms with van der Waals surface area (Å²) in [6, 6.07) is 5.78. The van der Waals surface area contributed by atoms with E-state index in [4.69, 9.17) is 5.11 Å². The van der Waals surface area contributed by atoms with Gasteiger partial charge >= 0.3 is 5.97 Å². The Morgan fingerprint density at radius 1 is 1.30 bits per heavy atom. The third-order valence-electron chi connectivity index (χ3n) is 3.37. The predicted octanol–water partition coefficient (Wildman–Crippen LogP) is 2.29. The Bertz CT molecular complexity index is 723. The zero-order chi connectivity index (χ0) is 17.1. The first-order chi connectivity index (χ1) is 10.8. The third-order valence-corrected chi connectivity index (χ3v) is 3.37. The Hall–Kier alpha value is -2.70. The summed E-state index contributed by atoms with van der Waals surface area (Å²) in [5.74, 6) is -1.88. The summed E-state index contributed by atoms with van der Waals surface area (Å²) in [7, 11) is 1.43. The molecular formula is C16H18FN3O3. The average Bonchev–Trinajstić information content (AvgIpc) is 2.91. The second-order valence-electron chi connectivity index (χ2n) is 5.54. The molecule has 0 saturated carbocycles. The number of hydrogen-bond donors (Lipinski definition) is 1. The van der Waals surface area contributed by atoms with Crippen molar-refractivity contribution < 1.29 is 19.1 Å². The van der Waals surface area contributed by atoms with Gasteiger partial charge in [-0.1, -0.05) is 13.8 Å². The Labute approximate surface area is 133 Å². The van der Waals surface area contributed by atoms with Crippen molar-refractivity contribution in [3.63, 3.8) is 0 Å². The number of carboxylic acids is 1. The Morgan fingerprint density at radius 3 is 2.43 bits per heavy atom. The minimum absolute atomic E-state index is 0.0280. The van der Waals surface area contributed by atoms with Gasteiger partial charge in [0, 0.05) is 7.05 Å². The highest BCUT2D eigenvalue weighted by Crippen LogP contribution is 2.24. The van der Waals surface area contributed by atoms with Crippen molar-refractivity contribution in [1.29, 1.82) is 0 Å². The van der Waals surface area contributed by atoms with Crippen LogP contribution in [0.3, 0.4) is 0 Å². The number of carbonyl (C=O) groups is 2. The van der Waals surface area contributed by atoms with Crippen LogP contribution in [0.4, 0.5) is 4.39 Å². The van der Waals surface area contributed by atoms with Gasteiger partial charge in [0.25, 0.3) is 5.91 Å². The Balaban J connectivity index is 2.44. The molecule has 7 heteroatoms. The van der Waals surface area contributed by atoms with Crippen LogP contribution in [0.1, 0.15) is 35.8 Å². The van der Waals surface area contributed by atoms with Gasteiger partial charge in [0.1, 0.15) is 12.4 Å². The highest BCUT2D eigenvalue weighted by molar-refractivity contribution is 5.96. The quantitative estimate of drug-likeness (QED) is 0.917. The van der Waals surface area contributed by atoms with E-state index in [1.165, 1.54) is 25.4 Å². The van der Waals surface area contributed by atoms with E-state index in [9.17, 15) is 14.0 Å². The maximum Gasteiger partial charge on any atom is 0.323 e. The van der Waals surface area contributed by atoms with Crippen LogP contribution in [0.25, 0.3) is 5.69 Å². The molecule has 1 N–H and O–H groups in total. The van der Waals surface area contributed by atoms with Crippen LogP contribution in [0, 0.1) is 5.82 Å². The standard InChI is InChI=1S/C16H18FN3O3/c1-10(2)15-13(16(23)19(3)9-14(21)22)8-18-20(15)12-6-4-11(17)5-7-12/h4-8,10H,9H2,1-3H3,(H,21,22). The monoisotopic (exact) mass is 319 g/mol. The zero-order valence-electron chi connectivity index (χ0n) is 13.2. The third kappa shape index (κ3) is 3.56. The van der Waals surface area contributed by atoms with Crippen molar-refractivity contribution in [3.05, 3.63) is 47.5 Å². The van der Waals surface area contributed by atoms with E-state index in [1.54, 1.807) is 16.8 Å². The molecule has 1 heterocycles. The summed E-state index contributed by atoms with van der Waals surface area (Å²) < 4.78 is 14.7. The molecule has 0 unspecified atom stereocenters. The second-order valence-corrected chi connectivity index (χ2v) is 5.54.